The van der Waals surface area contributed by atoms with Gasteiger partial charge < -0.3 is 4.90 Å². The van der Waals surface area contributed by atoms with Crippen molar-refractivity contribution in [2.75, 3.05) is 28.2 Å². The van der Waals surface area contributed by atoms with Gasteiger partial charge in [-0.2, -0.15) is 0 Å². The second-order valence-corrected chi connectivity index (χ2v) is 8.65. The molecule has 0 fully saturated rings. The minimum absolute atomic E-state index is 0.296. The quantitative estimate of drug-likeness (QED) is 0.763. The number of likely N-dealkylation sites (N-methyl/N-ethyl adjacent to an activating group) is 1. The van der Waals surface area contributed by atoms with E-state index in [0.717, 1.165) is 11.1 Å². The van der Waals surface area contributed by atoms with Gasteiger partial charge in [-0.15, -0.1) is 0 Å². The molecule has 5 heteroatoms. The van der Waals surface area contributed by atoms with Crippen LogP contribution in [0.4, 0.5) is 0 Å². The van der Waals surface area contributed by atoms with Gasteiger partial charge >= 0.3 is 0 Å². The van der Waals surface area contributed by atoms with Crippen LogP contribution in [0.1, 0.15) is 16.4 Å². The molecule has 0 saturated carbocycles. The molecule has 0 amide bonds. The molecule has 0 spiro atoms. The summed E-state index contributed by atoms with van der Waals surface area (Å²) in [5, 5.41) is -0.682. The number of hydrogen-bond donors (Lipinski definition) is 0. The summed E-state index contributed by atoms with van der Waals surface area (Å²) < 4.78 is 27.4. The first kappa shape index (κ1) is 19.4. The first-order valence-electron chi connectivity index (χ1n) is 8.20. The van der Waals surface area contributed by atoms with Gasteiger partial charge in [0.1, 0.15) is 5.25 Å². The van der Waals surface area contributed by atoms with Crippen LogP contribution >= 0.6 is 0 Å². The lowest BCUT2D eigenvalue weighted by molar-refractivity contribution is 0.326. The van der Waals surface area contributed by atoms with Crippen LogP contribution in [0.3, 0.4) is 0 Å². The summed E-state index contributed by atoms with van der Waals surface area (Å²) in [6.07, 6.45) is 3.94. The predicted octanol–water partition coefficient (Wildman–Crippen LogP) is 3.26. The highest BCUT2D eigenvalue weighted by molar-refractivity contribution is 7.89. The summed E-state index contributed by atoms with van der Waals surface area (Å²) in [5.41, 5.74) is 1.83. The molecule has 0 heterocycles. The number of rotatable bonds is 7. The highest BCUT2D eigenvalue weighted by atomic mass is 32.2. The molecular weight excluding hydrogens is 332 g/mol. The Morgan fingerprint density at radius 1 is 0.840 bits per heavy atom. The van der Waals surface area contributed by atoms with Crippen LogP contribution < -0.4 is 0 Å². The van der Waals surface area contributed by atoms with Crippen LogP contribution in [0.25, 0.3) is 6.08 Å². The molecule has 2 atom stereocenters. The van der Waals surface area contributed by atoms with Crippen molar-refractivity contribution >= 4 is 16.1 Å². The molecule has 0 aliphatic carbocycles. The van der Waals surface area contributed by atoms with Gasteiger partial charge in [-0.1, -0.05) is 72.8 Å². The highest BCUT2D eigenvalue weighted by Crippen LogP contribution is 2.31. The Morgan fingerprint density at radius 2 is 1.36 bits per heavy atom. The molecule has 2 aromatic carbocycles. The van der Waals surface area contributed by atoms with E-state index in [4.69, 9.17) is 0 Å². The molecule has 0 N–H and O–H groups in total. The summed E-state index contributed by atoms with van der Waals surface area (Å²) in [7, 11) is 3.47. The van der Waals surface area contributed by atoms with Crippen LogP contribution in [-0.2, 0) is 10.0 Å². The summed E-state index contributed by atoms with van der Waals surface area (Å²) in [5.74, 6) is 0. The molecule has 0 aromatic heterocycles. The van der Waals surface area contributed by atoms with Crippen molar-refractivity contribution in [3.05, 3.63) is 77.9 Å². The summed E-state index contributed by atoms with van der Waals surface area (Å²) in [6, 6.07) is 19.0. The molecule has 25 heavy (non-hydrogen) atoms. The minimum atomic E-state index is -3.50. The monoisotopic (exact) mass is 358 g/mol. The van der Waals surface area contributed by atoms with Gasteiger partial charge in [-0.3, -0.25) is 0 Å². The van der Waals surface area contributed by atoms with Gasteiger partial charge in [0, 0.05) is 20.1 Å². The van der Waals surface area contributed by atoms with Gasteiger partial charge in [-0.25, -0.2) is 12.7 Å². The second-order valence-electron chi connectivity index (χ2n) is 6.38. The Balaban J connectivity index is 2.50. The number of benzene rings is 2. The molecule has 0 bridgehead atoms. The van der Waals surface area contributed by atoms with E-state index in [0.29, 0.717) is 0 Å². The van der Waals surface area contributed by atoms with E-state index in [1.54, 1.807) is 14.1 Å². The van der Waals surface area contributed by atoms with Crippen molar-refractivity contribution in [2.24, 2.45) is 0 Å². The molecule has 0 radical (unpaired) electrons. The summed E-state index contributed by atoms with van der Waals surface area (Å²) in [6.45, 7) is 0. The van der Waals surface area contributed by atoms with Crippen LogP contribution in [0.5, 0.6) is 0 Å². The maximum Gasteiger partial charge on any atom is 0.222 e. The molecule has 2 unspecified atom stereocenters. The molecule has 0 aliphatic heterocycles. The zero-order valence-electron chi connectivity index (χ0n) is 15.2. The summed E-state index contributed by atoms with van der Waals surface area (Å²) >= 11 is 0. The third-order valence-corrected chi connectivity index (χ3v) is 6.36. The first-order chi connectivity index (χ1) is 11.8. The van der Waals surface area contributed by atoms with Crippen LogP contribution in [0, 0.1) is 0 Å². The Labute approximate surface area is 151 Å². The van der Waals surface area contributed by atoms with E-state index in [9.17, 15) is 8.42 Å². The smallest absolute Gasteiger partial charge is 0.222 e. The summed E-state index contributed by atoms with van der Waals surface area (Å²) in [4.78, 5) is 1.94. The number of sulfonamides is 1. The van der Waals surface area contributed by atoms with Crippen LogP contribution in [0.2, 0.25) is 0 Å². The number of hydrogen-bond acceptors (Lipinski definition) is 3. The molecule has 0 aliphatic rings. The molecule has 4 nitrogen and oxygen atoms in total. The fraction of sp³-hybridized carbons (Fsp3) is 0.300. The van der Waals surface area contributed by atoms with E-state index >= 15 is 0 Å². The minimum Gasteiger partial charge on any atom is -0.301 e. The maximum atomic E-state index is 13.1. The SMILES string of the molecule is CN(C)C(/C=C/c1ccccc1)C(c1ccccc1)S(=O)(=O)N(C)C. The normalized spacial score (nSPS) is 15.0. The third kappa shape index (κ3) is 4.78. The Kier molecular flexibility index (Phi) is 6.53. The van der Waals surface area contributed by atoms with Crippen molar-refractivity contribution in [3.8, 4) is 0 Å². The molecular formula is C20H26N2O2S. The lowest BCUT2D eigenvalue weighted by atomic mass is 10.0. The van der Waals surface area contributed by atoms with Crippen molar-refractivity contribution in [1.29, 1.82) is 0 Å². The van der Waals surface area contributed by atoms with E-state index in [1.165, 1.54) is 4.31 Å². The average Bonchev–Trinajstić information content (AvgIpc) is 2.59. The topological polar surface area (TPSA) is 40.6 Å². The van der Waals surface area contributed by atoms with Crippen molar-refractivity contribution in [1.82, 2.24) is 9.21 Å². The largest absolute Gasteiger partial charge is 0.301 e. The van der Waals surface area contributed by atoms with E-state index in [1.807, 2.05) is 91.8 Å². The van der Waals surface area contributed by atoms with Gasteiger partial charge in [0.05, 0.1) is 0 Å². The van der Waals surface area contributed by atoms with Crippen molar-refractivity contribution < 1.29 is 8.42 Å². The Hall–Kier alpha value is -1.95. The lowest BCUT2D eigenvalue weighted by Gasteiger charge is -2.32. The highest BCUT2D eigenvalue weighted by Gasteiger charge is 2.36. The average molecular weight is 359 g/mol. The van der Waals surface area contributed by atoms with Crippen LogP contribution in [0.15, 0.2) is 66.7 Å². The zero-order valence-corrected chi connectivity index (χ0v) is 16.0. The van der Waals surface area contributed by atoms with E-state index < -0.39 is 15.3 Å². The lowest BCUT2D eigenvalue weighted by Crippen LogP contribution is -2.41. The molecule has 2 aromatic rings. The Morgan fingerprint density at radius 3 is 1.84 bits per heavy atom. The first-order valence-corrected chi connectivity index (χ1v) is 9.70. The predicted molar refractivity (Wildman–Crippen MR) is 105 cm³/mol. The Bertz CT molecular complexity index is 785. The second kappa shape index (κ2) is 8.43. The third-order valence-electron chi connectivity index (χ3n) is 4.15. The van der Waals surface area contributed by atoms with Crippen LogP contribution in [-0.4, -0.2) is 51.9 Å². The van der Waals surface area contributed by atoms with E-state index in [2.05, 4.69) is 0 Å². The molecule has 134 valence electrons. The fourth-order valence-corrected chi connectivity index (χ4v) is 4.37. The van der Waals surface area contributed by atoms with Crippen molar-refractivity contribution in [3.63, 3.8) is 0 Å². The number of nitrogens with zero attached hydrogens (tertiary/aromatic N) is 2. The maximum absolute atomic E-state index is 13.1. The van der Waals surface area contributed by atoms with Gasteiger partial charge in [0.25, 0.3) is 0 Å². The molecule has 2 rings (SSSR count). The van der Waals surface area contributed by atoms with E-state index in [-0.39, 0.29) is 6.04 Å². The van der Waals surface area contributed by atoms with Crippen molar-refractivity contribution in [2.45, 2.75) is 11.3 Å². The van der Waals surface area contributed by atoms with Gasteiger partial charge in [0.15, 0.2) is 0 Å². The standard InChI is InChI=1S/C20H26N2O2S/c1-21(2)19(16-15-17-11-7-5-8-12-17)20(25(23,24)22(3)4)18-13-9-6-10-14-18/h5-16,19-20H,1-4H3/b16-15+. The van der Waals surface area contributed by atoms with Gasteiger partial charge in [-0.05, 0) is 25.2 Å². The molecule has 0 saturated heterocycles. The zero-order chi connectivity index (χ0) is 18.4. The van der Waals surface area contributed by atoms with Gasteiger partial charge in [0.2, 0.25) is 10.0 Å². The fourth-order valence-electron chi connectivity index (χ4n) is 2.73.